The summed E-state index contributed by atoms with van der Waals surface area (Å²) < 4.78 is 5.72. The van der Waals surface area contributed by atoms with E-state index in [9.17, 15) is 0 Å². The van der Waals surface area contributed by atoms with Crippen molar-refractivity contribution in [2.75, 3.05) is 13.2 Å². The van der Waals surface area contributed by atoms with Crippen LogP contribution in [-0.2, 0) is 13.0 Å². The van der Waals surface area contributed by atoms with Crippen LogP contribution in [0.1, 0.15) is 43.2 Å². The van der Waals surface area contributed by atoms with Crippen LogP contribution in [0.3, 0.4) is 0 Å². The van der Waals surface area contributed by atoms with Crippen LogP contribution < -0.4 is 10.1 Å². The molecule has 0 radical (unpaired) electrons. The summed E-state index contributed by atoms with van der Waals surface area (Å²) in [7, 11) is 0. The third-order valence-corrected chi connectivity index (χ3v) is 4.37. The summed E-state index contributed by atoms with van der Waals surface area (Å²) in [5.74, 6) is 1.05. The number of hydrogen-bond donors (Lipinski definition) is 1. The molecule has 1 aliphatic heterocycles. The van der Waals surface area contributed by atoms with Crippen LogP contribution in [-0.4, -0.2) is 13.2 Å². The predicted octanol–water partition coefficient (Wildman–Crippen LogP) is 4.26. The summed E-state index contributed by atoms with van der Waals surface area (Å²) in [6.45, 7) is 2.67. The number of fused-ring (bicyclic) bond motifs is 1. The van der Waals surface area contributed by atoms with Gasteiger partial charge in [0.1, 0.15) is 5.75 Å². The zero-order valence-electron chi connectivity index (χ0n) is 11.9. The van der Waals surface area contributed by atoms with Crippen LogP contribution in [0.15, 0.2) is 23.8 Å². The fourth-order valence-corrected chi connectivity index (χ4v) is 3.34. The van der Waals surface area contributed by atoms with Crippen molar-refractivity contribution >= 4 is 11.6 Å². The highest BCUT2D eigenvalue weighted by atomic mass is 35.5. The molecule has 0 aromatic heterocycles. The molecule has 1 aromatic rings. The molecule has 0 spiro atoms. The maximum Gasteiger partial charge on any atom is 0.127 e. The molecule has 0 atom stereocenters. The molecule has 0 amide bonds. The summed E-state index contributed by atoms with van der Waals surface area (Å²) in [6.07, 6.45) is 9.86. The third kappa shape index (κ3) is 3.36. The fourth-order valence-electron chi connectivity index (χ4n) is 3.08. The maximum atomic E-state index is 6.17. The Hall–Kier alpha value is -0.990. The molecule has 0 saturated heterocycles. The predicted molar refractivity (Wildman–Crippen MR) is 83.5 cm³/mol. The zero-order valence-corrected chi connectivity index (χ0v) is 12.6. The van der Waals surface area contributed by atoms with Gasteiger partial charge < -0.3 is 10.1 Å². The minimum absolute atomic E-state index is 0.787. The van der Waals surface area contributed by atoms with E-state index >= 15 is 0 Å². The lowest BCUT2D eigenvalue weighted by Gasteiger charge is -2.14. The Morgan fingerprint density at radius 2 is 2.15 bits per heavy atom. The number of hydrogen-bond acceptors (Lipinski definition) is 2. The van der Waals surface area contributed by atoms with Crippen molar-refractivity contribution in [1.82, 2.24) is 5.32 Å². The largest absolute Gasteiger partial charge is 0.493 e. The van der Waals surface area contributed by atoms with E-state index in [0.717, 1.165) is 36.9 Å². The average Bonchev–Trinajstić information content (AvgIpc) is 2.92. The Labute approximate surface area is 126 Å². The Morgan fingerprint density at radius 3 is 3.00 bits per heavy atom. The number of nitrogens with one attached hydrogen (secondary N) is 1. The zero-order chi connectivity index (χ0) is 13.8. The van der Waals surface area contributed by atoms with E-state index < -0.39 is 0 Å². The molecule has 0 fully saturated rings. The molecule has 1 aromatic carbocycles. The Bertz CT molecular complexity index is 510. The average molecular weight is 292 g/mol. The van der Waals surface area contributed by atoms with E-state index in [-0.39, 0.29) is 0 Å². The Balaban J connectivity index is 1.52. The quantitative estimate of drug-likeness (QED) is 0.647. The number of halogens is 1. The number of benzene rings is 1. The van der Waals surface area contributed by atoms with Crippen LogP contribution in [0.25, 0.3) is 0 Å². The first-order valence-electron chi connectivity index (χ1n) is 7.65. The molecule has 3 heteroatoms. The molecule has 0 saturated carbocycles. The van der Waals surface area contributed by atoms with E-state index in [2.05, 4.69) is 11.4 Å². The smallest absolute Gasteiger partial charge is 0.127 e. The van der Waals surface area contributed by atoms with Crippen molar-refractivity contribution in [2.24, 2.45) is 0 Å². The van der Waals surface area contributed by atoms with Crippen LogP contribution >= 0.6 is 11.6 Å². The van der Waals surface area contributed by atoms with E-state index in [4.69, 9.17) is 16.3 Å². The SMILES string of the molecule is Clc1cc2c(c(CNCCC3=CCCCC3)c1)OCC2. The third-order valence-electron chi connectivity index (χ3n) is 4.15. The van der Waals surface area contributed by atoms with Crippen LogP contribution in [0.2, 0.25) is 5.02 Å². The second-order valence-corrected chi connectivity index (χ2v) is 6.12. The molecule has 108 valence electrons. The van der Waals surface area contributed by atoms with Gasteiger partial charge in [-0.05, 0) is 56.3 Å². The van der Waals surface area contributed by atoms with E-state index in [1.165, 1.54) is 43.2 Å². The van der Waals surface area contributed by atoms with Crippen molar-refractivity contribution in [2.45, 2.75) is 45.1 Å². The van der Waals surface area contributed by atoms with Gasteiger partial charge in [-0.2, -0.15) is 0 Å². The molecule has 0 bridgehead atoms. The first-order chi connectivity index (χ1) is 9.83. The summed E-state index contributed by atoms with van der Waals surface area (Å²) in [5.41, 5.74) is 4.07. The Morgan fingerprint density at radius 1 is 1.20 bits per heavy atom. The molecule has 2 aliphatic rings. The van der Waals surface area contributed by atoms with Crippen molar-refractivity contribution in [1.29, 1.82) is 0 Å². The highest BCUT2D eigenvalue weighted by molar-refractivity contribution is 6.30. The minimum Gasteiger partial charge on any atom is -0.493 e. The highest BCUT2D eigenvalue weighted by Crippen LogP contribution is 2.32. The summed E-state index contributed by atoms with van der Waals surface area (Å²) in [6, 6.07) is 4.05. The van der Waals surface area contributed by atoms with Crippen LogP contribution in [0.5, 0.6) is 5.75 Å². The summed E-state index contributed by atoms with van der Waals surface area (Å²) in [4.78, 5) is 0. The van der Waals surface area contributed by atoms with Gasteiger partial charge in [0.15, 0.2) is 0 Å². The van der Waals surface area contributed by atoms with Gasteiger partial charge in [-0.3, -0.25) is 0 Å². The van der Waals surface area contributed by atoms with Crippen molar-refractivity contribution in [3.05, 3.63) is 39.9 Å². The second-order valence-electron chi connectivity index (χ2n) is 5.69. The standard InChI is InChI=1S/C17H22ClNO/c18-16-10-14-7-9-20-17(14)15(11-16)12-19-8-6-13-4-2-1-3-5-13/h4,10-11,19H,1-3,5-9,12H2. The van der Waals surface area contributed by atoms with Crippen LogP contribution in [0.4, 0.5) is 0 Å². The first kappa shape index (κ1) is 14.0. The van der Waals surface area contributed by atoms with Gasteiger partial charge in [-0.25, -0.2) is 0 Å². The molecule has 20 heavy (non-hydrogen) atoms. The molecule has 1 heterocycles. The molecule has 0 unspecified atom stereocenters. The summed E-state index contributed by atoms with van der Waals surface area (Å²) >= 11 is 6.17. The molecule has 3 rings (SSSR count). The molecule has 1 aliphatic carbocycles. The van der Waals surface area contributed by atoms with Gasteiger partial charge in [0, 0.05) is 23.6 Å². The Kier molecular flexibility index (Phi) is 4.64. The van der Waals surface area contributed by atoms with E-state index in [1.54, 1.807) is 5.57 Å². The van der Waals surface area contributed by atoms with Crippen LogP contribution in [0, 0.1) is 0 Å². The van der Waals surface area contributed by atoms with Crippen molar-refractivity contribution in [3.8, 4) is 5.75 Å². The topological polar surface area (TPSA) is 21.3 Å². The molecule has 1 N–H and O–H groups in total. The lowest BCUT2D eigenvalue weighted by Crippen LogP contribution is -2.16. The lowest BCUT2D eigenvalue weighted by atomic mass is 9.97. The lowest BCUT2D eigenvalue weighted by molar-refractivity contribution is 0.352. The first-order valence-corrected chi connectivity index (χ1v) is 8.03. The van der Waals surface area contributed by atoms with Crippen molar-refractivity contribution < 1.29 is 4.74 Å². The highest BCUT2D eigenvalue weighted by Gasteiger charge is 2.17. The maximum absolute atomic E-state index is 6.17. The monoisotopic (exact) mass is 291 g/mol. The molecule has 2 nitrogen and oxygen atoms in total. The van der Waals surface area contributed by atoms with E-state index in [1.807, 2.05) is 12.1 Å². The number of rotatable bonds is 5. The normalized spacial score (nSPS) is 17.6. The van der Waals surface area contributed by atoms with Gasteiger partial charge in [-0.1, -0.05) is 23.3 Å². The second kappa shape index (κ2) is 6.64. The van der Waals surface area contributed by atoms with Gasteiger partial charge in [0.05, 0.1) is 6.61 Å². The van der Waals surface area contributed by atoms with Gasteiger partial charge in [-0.15, -0.1) is 0 Å². The van der Waals surface area contributed by atoms with Gasteiger partial charge in [0.25, 0.3) is 0 Å². The van der Waals surface area contributed by atoms with E-state index in [0.29, 0.717) is 0 Å². The summed E-state index contributed by atoms with van der Waals surface area (Å²) in [5, 5.41) is 4.35. The molecular weight excluding hydrogens is 270 g/mol. The van der Waals surface area contributed by atoms with Gasteiger partial charge >= 0.3 is 0 Å². The minimum atomic E-state index is 0.787. The van der Waals surface area contributed by atoms with Crippen molar-refractivity contribution in [3.63, 3.8) is 0 Å². The fraction of sp³-hybridized carbons (Fsp3) is 0.529. The number of allylic oxidation sites excluding steroid dienone is 1. The van der Waals surface area contributed by atoms with Gasteiger partial charge in [0.2, 0.25) is 0 Å². The number of ether oxygens (including phenoxy) is 1. The molecular formula is C17H22ClNO.